The molecule has 1 amide bonds. The molecule has 5 heteroatoms. The summed E-state index contributed by atoms with van der Waals surface area (Å²) in [5, 5.41) is 14.2. The van der Waals surface area contributed by atoms with Crippen LogP contribution in [0, 0.1) is 11.3 Å². The van der Waals surface area contributed by atoms with E-state index in [-0.39, 0.29) is 11.9 Å². The van der Waals surface area contributed by atoms with Gasteiger partial charge in [0.25, 0.3) is 0 Å². The molecule has 0 saturated carbocycles. The zero-order valence-electron chi connectivity index (χ0n) is 9.32. The van der Waals surface area contributed by atoms with E-state index in [9.17, 15) is 4.79 Å². The summed E-state index contributed by atoms with van der Waals surface area (Å²) in [6, 6.07) is 4.96. The van der Waals surface area contributed by atoms with Crippen LogP contribution in [0.2, 0.25) is 0 Å². The summed E-state index contributed by atoms with van der Waals surface area (Å²) >= 11 is 0. The van der Waals surface area contributed by atoms with E-state index in [4.69, 9.17) is 5.26 Å². The molecule has 1 unspecified atom stereocenters. The number of pyridine rings is 1. The molecule has 0 aliphatic heterocycles. The van der Waals surface area contributed by atoms with Gasteiger partial charge < -0.3 is 10.6 Å². The monoisotopic (exact) mass is 218 g/mol. The first-order valence-electron chi connectivity index (χ1n) is 5.07. The van der Waals surface area contributed by atoms with Crippen molar-refractivity contribution in [3.8, 4) is 6.07 Å². The molecule has 0 aromatic carbocycles. The van der Waals surface area contributed by atoms with E-state index < -0.39 is 0 Å². The lowest BCUT2D eigenvalue weighted by molar-refractivity contribution is -0.121. The Morgan fingerprint density at radius 1 is 1.62 bits per heavy atom. The van der Waals surface area contributed by atoms with Crippen LogP contribution in [-0.2, 0) is 4.79 Å². The van der Waals surface area contributed by atoms with E-state index in [0.717, 1.165) is 0 Å². The molecule has 1 aromatic heterocycles. The average molecular weight is 218 g/mol. The lowest BCUT2D eigenvalue weighted by atomic mass is 10.3. The normalized spacial score (nSPS) is 11.3. The third-order valence-corrected chi connectivity index (χ3v) is 2.00. The summed E-state index contributed by atoms with van der Waals surface area (Å²) < 4.78 is 0. The molecule has 0 aliphatic rings. The summed E-state index contributed by atoms with van der Waals surface area (Å²) in [6.45, 7) is 4.22. The number of anilines is 1. The van der Waals surface area contributed by atoms with Crippen molar-refractivity contribution >= 4 is 11.7 Å². The van der Waals surface area contributed by atoms with Gasteiger partial charge in [0.05, 0.1) is 5.56 Å². The highest BCUT2D eigenvalue weighted by molar-refractivity contribution is 5.83. The van der Waals surface area contributed by atoms with E-state index in [2.05, 4.69) is 15.6 Å². The van der Waals surface area contributed by atoms with Crippen LogP contribution in [-0.4, -0.2) is 23.5 Å². The highest BCUT2D eigenvalue weighted by atomic mass is 16.2. The van der Waals surface area contributed by atoms with Gasteiger partial charge in [0.15, 0.2) is 0 Å². The van der Waals surface area contributed by atoms with Crippen molar-refractivity contribution in [2.75, 3.05) is 11.9 Å². The number of nitrogens with zero attached hydrogens (tertiary/aromatic N) is 2. The topological polar surface area (TPSA) is 77.8 Å². The lowest BCUT2D eigenvalue weighted by Gasteiger charge is -2.13. The Labute approximate surface area is 94.5 Å². The highest BCUT2D eigenvalue weighted by Gasteiger charge is 2.11. The van der Waals surface area contributed by atoms with Crippen LogP contribution >= 0.6 is 0 Å². The van der Waals surface area contributed by atoms with Crippen LogP contribution in [0.25, 0.3) is 0 Å². The zero-order valence-corrected chi connectivity index (χ0v) is 9.32. The number of likely N-dealkylation sites (N-methyl/N-ethyl adjacent to an activating group) is 1. The van der Waals surface area contributed by atoms with Crippen molar-refractivity contribution < 1.29 is 4.79 Å². The number of aromatic nitrogens is 1. The van der Waals surface area contributed by atoms with Gasteiger partial charge in [-0.15, -0.1) is 0 Å². The molecule has 84 valence electrons. The molecule has 5 nitrogen and oxygen atoms in total. The first-order valence-corrected chi connectivity index (χ1v) is 5.07. The van der Waals surface area contributed by atoms with Crippen molar-refractivity contribution in [3.63, 3.8) is 0 Å². The van der Waals surface area contributed by atoms with Crippen molar-refractivity contribution in [1.29, 1.82) is 5.26 Å². The first kappa shape index (κ1) is 12.0. The number of nitrogens with one attached hydrogen (secondary N) is 2. The van der Waals surface area contributed by atoms with Gasteiger partial charge in [0, 0.05) is 12.7 Å². The van der Waals surface area contributed by atoms with Crippen LogP contribution in [0.4, 0.5) is 5.82 Å². The molecule has 0 bridgehead atoms. The Bertz CT molecular complexity index is 393. The van der Waals surface area contributed by atoms with Gasteiger partial charge in [-0.25, -0.2) is 4.98 Å². The number of rotatable bonds is 4. The maximum atomic E-state index is 11.4. The number of carbonyl (C=O) groups excluding carboxylic acids is 1. The number of hydrogen-bond acceptors (Lipinski definition) is 4. The molecule has 2 N–H and O–H groups in total. The number of carbonyl (C=O) groups is 1. The van der Waals surface area contributed by atoms with Gasteiger partial charge in [-0.3, -0.25) is 4.79 Å². The van der Waals surface area contributed by atoms with Crippen molar-refractivity contribution in [1.82, 2.24) is 10.3 Å². The number of amides is 1. The fourth-order valence-corrected chi connectivity index (χ4v) is 1.16. The van der Waals surface area contributed by atoms with Crippen LogP contribution < -0.4 is 10.6 Å². The second kappa shape index (κ2) is 5.71. The van der Waals surface area contributed by atoms with Gasteiger partial charge in [-0.05, 0) is 26.0 Å². The van der Waals surface area contributed by atoms with Gasteiger partial charge in [-0.2, -0.15) is 5.26 Å². The van der Waals surface area contributed by atoms with E-state index in [0.29, 0.717) is 17.9 Å². The van der Waals surface area contributed by atoms with Crippen molar-refractivity contribution in [2.24, 2.45) is 0 Å². The maximum Gasteiger partial charge on any atom is 0.242 e. The van der Waals surface area contributed by atoms with Crippen molar-refractivity contribution in [2.45, 2.75) is 19.9 Å². The van der Waals surface area contributed by atoms with E-state index in [1.807, 2.05) is 13.0 Å². The molecule has 16 heavy (non-hydrogen) atoms. The Kier molecular flexibility index (Phi) is 4.28. The van der Waals surface area contributed by atoms with E-state index in [1.165, 1.54) is 6.20 Å². The third-order valence-electron chi connectivity index (χ3n) is 2.00. The summed E-state index contributed by atoms with van der Waals surface area (Å²) in [7, 11) is 0. The molecule has 0 radical (unpaired) electrons. The molecule has 0 fully saturated rings. The molecule has 0 spiro atoms. The zero-order chi connectivity index (χ0) is 12.0. The Balaban J connectivity index is 2.59. The fraction of sp³-hybridized carbons (Fsp3) is 0.364. The second-order valence-corrected chi connectivity index (χ2v) is 3.30. The van der Waals surface area contributed by atoms with Gasteiger partial charge in [-0.1, -0.05) is 0 Å². The van der Waals surface area contributed by atoms with E-state index >= 15 is 0 Å². The van der Waals surface area contributed by atoms with Crippen LogP contribution in [0.15, 0.2) is 18.3 Å². The standard InChI is InChI=1S/C11H14N4O/c1-3-13-11(16)8(2)15-10-5-4-9(6-12)7-14-10/h4-5,7-8H,3H2,1-2H3,(H,13,16)(H,14,15). The molecular weight excluding hydrogens is 204 g/mol. The van der Waals surface area contributed by atoms with Gasteiger partial charge in [0.1, 0.15) is 17.9 Å². The summed E-state index contributed by atoms with van der Waals surface area (Å²) in [6.07, 6.45) is 1.47. The molecule has 0 aliphatic carbocycles. The molecule has 1 rings (SSSR count). The Morgan fingerprint density at radius 3 is 2.88 bits per heavy atom. The molecule has 1 heterocycles. The predicted molar refractivity (Wildman–Crippen MR) is 60.7 cm³/mol. The van der Waals surface area contributed by atoms with Crippen molar-refractivity contribution in [3.05, 3.63) is 23.9 Å². The fourth-order valence-electron chi connectivity index (χ4n) is 1.16. The summed E-state index contributed by atoms with van der Waals surface area (Å²) in [5.74, 6) is 0.506. The van der Waals surface area contributed by atoms with Gasteiger partial charge in [0.2, 0.25) is 5.91 Å². The van der Waals surface area contributed by atoms with Crippen LogP contribution in [0.1, 0.15) is 19.4 Å². The average Bonchev–Trinajstić information content (AvgIpc) is 2.30. The molecule has 0 saturated heterocycles. The SMILES string of the molecule is CCNC(=O)C(C)Nc1ccc(C#N)cn1. The largest absolute Gasteiger partial charge is 0.359 e. The minimum atomic E-state index is -0.347. The van der Waals surface area contributed by atoms with Gasteiger partial charge >= 0.3 is 0 Å². The molecule has 1 aromatic rings. The summed E-state index contributed by atoms with van der Waals surface area (Å²) in [5.41, 5.74) is 0.496. The highest BCUT2D eigenvalue weighted by Crippen LogP contribution is 2.05. The lowest BCUT2D eigenvalue weighted by Crippen LogP contribution is -2.37. The number of nitriles is 1. The molecule has 1 atom stereocenters. The maximum absolute atomic E-state index is 11.4. The predicted octanol–water partition coefficient (Wildman–Crippen LogP) is 0.890. The Morgan fingerprint density at radius 2 is 2.38 bits per heavy atom. The third kappa shape index (κ3) is 3.24. The van der Waals surface area contributed by atoms with Crippen LogP contribution in [0.5, 0.6) is 0 Å². The minimum absolute atomic E-state index is 0.0753. The molecular formula is C11H14N4O. The van der Waals surface area contributed by atoms with Crippen LogP contribution in [0.3, 0.4) is 0 Å². The van der Waals surface area contributed by atoms with E-state index in [1.54, 1.807) is 19.1 Å². The minimum Gasteiger partial charge on any atom is -0.359 e. The smallest absolute Gasteiger partial charge is 0.242 e. The first-order chi connectivity index (χ1) is 7.67. The Hall–Kier alpha value is -2.09. The summed E-state index contributed by atoms with van der Waals surface area (Å²) in [4.78, 5) is 15.4. The quantitative estimate of drug-likeness (QED) is 0.786. The number of hydrogen-bond donors (Lipinski definition) is 2. The second-order valence-electron chi connectivity index (χ2n) is 3.30.